The number of ether oxygens (including phenoxy) is 1. The molecule has 0 aliphatic carbocycles. The lowest BCUT2D eigenvalue weighted by Gasteiger charge is -2.12. The van der Waals surface area contributed by atoms with Gasteiger partial charge in [-0.05, 0) is 66.6 Å². The van der Waals surface area contributed by atoms with Crippen molar-refractivity contribution in [1.29, 1.82) is 0 Å². The third kappa shape index (κ3) is 7.86. The number of carbonyl (C=O) groups excluding carboxylic acids is 1. The van der Waals surface area contributed by atoms with Gasteiger partial charge in [-0.25, -0.2) is 0 Å². The first kappa shape index (κ1) is 28.7. The molecular formula is C28H26BrF3N4O2S. The van der Waals surface area contributed by atoms with E-state index in [1.54, 1.807) is 34.9 Å². The van der Waals surface area contributed by atoms with Crippen molar-refractivity contribution in [2.24, 2.45) is 0 Å². The number of hydrogen-bond acceptors (Lipinski definition) is 5. The molecule has 0 fully saturated rings. The van der Waals surface area contributed by atoms with Crippen LogP contribution in [0.3, 0.4) is 0 Å². The smallest absolute Gasteiger partial charge is 0.416 e. The molecule has 0 saturated carbocycles. The summed E-state index contributed by atoms with van der Waals surface area (Å²) in [6.07, 6.45) is -2.41. The summed E-state index contributed by atoms with van der Waals surface area (Å²) in [7, 11) is 0. The summed E-state index contributed by atoms with van der Waals surface area (Å²) in [5.74, 6) is 1.17. The van der Waals surface area contributed by atoms with Crippen LogP contribution in [0.4, 0.5) is 13.2 Å². The second-order valence-electron chi connectivity index (χ2n) is 8.61. The highest BCUT2D eigenvalue weighted by Crippen LogP contribution is 2.32. The average molecular weight is 620 g/mol. The molecule has 0 aliphatic rings. The lowest BCUT2D eigenvalue weighted by atomic mass is 10.1. The molecule has 1 amide bonds. The highest BCUT2D eigenvalue weighted by molar-refractivity contribution is 9.10. The zero-order valence-electron chi connectivity index (χ0n) is 21.0. The third-order valence-corrected chi connectivity index (χ3v) is 7.23. The maximum Gasteiger partial charge on any atom is 0.416 e. The summed E-state index contributed by atoms with van der Waals surface area (Å²) >= 11 is 4.69. The van der Waals surface area contributed by atoms with Crippen molar-refractivity contribution in [2.75, 3.05) is 6.61 Å². The molecule has 4 aromatic rings. The van der Waals surface area contributed by atoms with E-state index in [4.69, 9.17) is 4.74 Å². The van der Waals surface area contributed by atoms with E-state index >= 15 is 0 Å². The molecule has 1 aromatic heterocycles. The topological polar surface area (TPSA) is 69.0 Å². The molecular weight excluding hydrogens is 593 g/mol. The van der Waals surface area contributed by atoms with Crippen molar-refractivity contribution in [3.63, 3.8) is 0 Å². The molecule has 39 heavy (non-hydrogen) atoms. The summed E-state index contributed by atoms with van der Waals surface area (Å²) in [5, 5.41) is 11.9. The number of thioether (sulfide) groups is 1. The van der Waals surface area contributed by atoms with Crippen LogP contribution in [0.15, 0.2) is 82.4 Å². The minimum Gasteiger partial charge on any atom is -0.494 e. The van der Waals surface area contributed by atoms with Gasteiger partial charge in [-0.2, -0.15) is 13.2 Å². The fourth-order valence-corrected chi connectivity index (χ4v) is 4.82. The number of nitrogens with one attached hydrogen (secondary N) is 1. The zero-order valence-corrected chi connectivity index (χ0v) is 23.4. The van der Waals surface area contributed by atoms with E-state index in [2.05, 4.69) is 38.4 Å². The third-order valence-electron chi connectivity index (χ3n) is 5.70. The summed E-state index contributed by atoms with van der Waals surface area (Å²) in [6.45, 7) is 2.81. The number of benzene rings is 3. The molecule has 0 spiro atoms. The van der Waals surface area contributed by atoms with Gasteiger partial charge in [-0.3, -0.25) is 9.36 Å². The van der Waals surface area contributed by atoms with Gasteiger partial charge in [0.2, 0.25) is 0 Å². The van der Waals surface area contributed by atoms with Crippen LogP contribution in [0.5, 0.6) is 5.75 Å². The SMILES string of the molecule is CCCCOc1ccc(C(=O)NCc2nnc(SCc3cccc(C(F)(F)F)c3)n2-c2ccc(Br)cc2)cc1. The Bertz CT molecular complexity index is 1390. The fourth-order valence-electron chi connectivity index (χ4n) is 3.64. The van der Waals surface area contributed by atoms with Crippen LogP contribution in [0.1, 0.15) is 47.1 Å². The molecule has 0 bridgehead atoms. The quantitative estimate of drug-likeness (QED) is 0.140. The van der Waals surface area contributed by atoms with Gasteiger partial charge in [0, 0.05) is 21.5 Å². The molecule has 1 N–H and O–H groups in total. The molecule has 4 rings (SSSR count). The van der Waals surface area contributed by atoms with Crippen LogP contribution >= 0.6 is 27.7 Å². The Morgan fingerprint density at radius 3 is 2.49 bits per heavy atom. The zero-order chi connectivity index (χ0) is 27.8. The molecule has 0 aliphatic heterocycles. The lowest BCUT2D eigenvalue weighted by molar-refractivity contribution is -0.137. The van der Waals surface area contributed by atoms with E-state index in [-0.39, 0.29) is 18.2 Å². The van der Waals surface area contributed by atoms with Gasteiger partial charge in [0.05, 0.1) is 18.7 Å². The standard InChI is InChI=1S/C28H26BrF3N4O2S/c1-2-3-15-38-24-13-7-20(8-14-24)26(37)33-17-25-34-35-27(36(25)23-11-9-22(29)10-12-23)39-18-19-5-4-6-21(16-19)28(30,31)32/h4-14,16H,2-3,15,17-18H2,1H3,(H,33,37). The summed E-state index contributed by atoms with van der Waals surface area (Å²) in [4.78, 5) is 12.8. The van der Waals surface area contributed by atoms with Crippen LogP contribution in [-0.4, -0.2) is 27.3 Å². The van der Waals surface area contributed by atoms with Gasteiger partial charge < -0.3 is 10.1 Å². The number of alkyl halides is 3. The van der Waals surface area contributed by atoms with Gasteiger partial charge >= 0.3 is 6.18 Å². The van der Waals surface area contributed by atoms with Gasteiger partial charge in [0.1, 0.15) is 5.75 Å². The Balaban J connectivity index is 1.49. The molecule has 6 nitrogen and oxygen atoms in total. The molecule has 0 atom stereocenters. The molecule has 11 heteroatoms. The van der Waals surface area contributed by atoms with E-state index < -0.39 is 11.7 Å². The van der Waals surface area contributed by atoms with Gasteiger partial charge in [-0.1, -0.05) is 59.2 Å². The highest BCUT2D eigenvalue weighted by atomic mass is 79.9. The number of unbranched alkanes of at least 4 members (excludes halogenated alkanes) is 1. The van der Waals surface area contributed by atoms with Crippen molar-refractivity contribution in [3.05, 3.63) is 99.8 Å². The number of carbonyl (C=O) groups is 1. The first-order valence-electron chi connectivity index (χ1n) is 12.2. The van der Waals surface area contributed by atoms with E-state index in [9.17, 15) is 18.0 Å². The average Bonchev–Trinajstić information content (AvgIpc) is 3.34. The summed E-state index contributed by atoms with van der Waals surface area (Å²) in [6, 6.07) is 19.6. The van der Waals surface area contributed by atoms with Crippen LogP contribution in [0.25, 0.3) is 5.69 Å². The Kier molecular flexibility index (Phi) is 9.68. The predicted octanol–water partition coefficient (Wildman–Crippen LogP) is 7.45. The Morgan fingerprint density at radius 2 is 1.79 bits per heavy atom. The summed E-state index contributed by atoms with van der Waals surface area (Å²) < 4.78 is 47.7. The fraction of sp³-hybridized carbons (Fsp3) is 0.250. The Hall–Kier alpha value is -3.31. The van der Waals surface area contributed by atoms with E-state index in [1.807, 2.05) is 24.3 Å². The molecule has 0 saturated heterocycles. The Morgan fingerprint density at radius 1 is 1.05 bits per heavy atom. The number of aromatic nitrogens is 3. The van der Waals surface area contributed by atoms with E-state index in [1.165, 1.54) is 17.8 Å². The van der Waals surface area contributed by atoms with Gasteiger partial charge in [-0.15, -0.1) is 10.2 Å². The van der Waals surface area contributed by atoms with Crippen molar-refractivity contribution in [1.82, 2.24) is 20.1 Å². The first-order valence-corrected chi connectivity index (χ1v) is 14.0. The highest BCUT2D eigenvalue weighted by Gasteiger charge is 2.30. The van der Waals surface area contributed by atoms with Crippen LogP contribution < -0.4 is 10.1 Å². The van der Waals surface area contributed by atoms with Crippen LogP contribution in [0, 0.1) is 0 Å². The number of amides is 1. The van der Waals surface area contributed by atoms with Crippen molar-refractivity contribution in [3.8, 4) is 11.4 Å². The monoisotopic (exact) mass is 618 g/mol. The van der Waals surface area contributed by atoms with Crippen molar-refractivity contribution in [2.45, 2.75) is 43.4 Å². The minimum atomic E-state index is -4.41. The first-order chi connectivity index (χ1) is 18.7. The second kappa shape index (κ2) is 13.2. The second-order valence-corrected chi connectivity index (χ2v) is 10.5. The van der Waals surface area contributed by atoms with Gasteiger partial charge in [0.15, 0.2) is 11.0 Å². The predicted molar refractivity (Wildman–Crippen MR) is 148 cm³/mol. The maximum atomic E-state index is 13.1. The number of rotatable bonds is 11. The van der Waals surface area contributed by atoms with Crippen molar-refractivity contribution >= 4 is 33.6 Å². The number of halogens is 4. The molecule has 0 radical (unpaired) electrons. The molecule has 3 aromatic carbocycles. The van der Waals surface area contributed by atoms with E-state index in [0.29, 0.717) is 34.5 Å². The number of nitrogens with zero attached hydrogens (tertiary/aromatic N) is 3. The van der Waals surface area contributed by atoms with Gasteiger partial charge in [0.25, 0.3) is 5.91 Å². The lowest BCUT2D eigenvalue weighted by Crippen LogP contribution is -2.24. The number of hydrogen-bond donors (Lipinski definition) is 1. The molecule has 0 unspecified atom stereocenters. The van der Waals surface area contributed by atoms with Crippen molar-refractivity contribution < 1.29 is 22.7 Å². The normalized spacial score (nSPS) is 11.4. The molecule has 204 valence electrons. The van der Waals surface area contributed by atoms with Crippen LogP contribution in [-0.2, 0) is 18.5 Å². The molecule has 1 heterocycles. The largest absolute Gasteiger partial charge is 0.494 e. The maximum absolute atomic E-state index is 13.1. The van der Waals surface area contributed by atoms with Crippen LogP contribution in [0.2, 0.25) is 0 Å². The minimum absolute atomic E-state index is 0.0980. The summed E-state index contributed by atoms with van der Waals surface area (Å²) in [5.41, 5.74) is 1.05. The van der Waals surface area contributed by atoms with E-state index in [0.717, 1.165) is 35.1 Å². The Labute approximate surface area is 237 Å².